The van der Waals surface area contributed by atoms with Gasteiger partial charge in [0.25, 0.3) is 0 Å². The van der Waals surface area contributed by atoms with Gasteiger partial charge in [0.1, 0.15) is 13.6 Å². The molecular formula is C8H11BO. The van der Waals surface area contributed by atoms with Crippen LogP contribution < -0.4 is 10.2 Å². The fourth-order valence-electron chi connectivity index (χ4n) is 0.945. The van der Waals surface area contributed by atoms with Gasteiger partial charge in [-0.1, -0.05) is 17.6 Å². The van der Waals surface area contributed by atoms with Gasteiger partial charge in [0.2, 0.25) is 0 Å². The Labute approximate surface area is 62.4 Å². The third kappa shape index (κ3) is 1.15. The molecule has 1 rings (SSSR count). The largest absolute Gasteiger partial charge is 0.497 e. The number of hydrogen-bond donors (Lipinski definition) is 0. The average molecular weight is 134 g/mol. The van der Waals surface area contributed by atoms with E-state index in [1.165, 1.54) is 11.0 Å². The van der Waals surface area contributed by atoms with E-state index in [0.29, 0.717) is 0 Å². The Bertz CT molecular complexity index is 233. The van der Waals surface area contributed by atoms with E-state index in [-0.39, 0.29) is 0 Å². The molecule has 52 valence electrons. The van der Waals surface area contributed by atoms with Crippen molar-refractivity contribution in [2.24, 2.45) is 0 Å². The lowest BCUT2D eigenvalue weighted by atomic mass is 9.91. The SMILES string of the molecule is Bc1cccc(OC)c1C. The van der Waals surface area contributed by atoms with Gasteiger partial charge in [0.05, 0.1) is 7.11 Å². The maximum Gasteiger partial charge on any atom is 0.139 e. The van der Waals surface area contributed by atoms with Crippen LogP contribution in [0.15, 0.2) is 18.2 Å². The van der Waals surface area contributed by atoms with E-state index >= 15 is 0 Å². The van der Waals surface area contributed by atoms with Gasteiger partial charge in [-0.25, -0.2) is 0 Å². The summed E-state index contributed by atoms with van der Waals surface area (Å²) in [7, 11) is 3.78. The van der Waals surface area contributed by atoms with E-state index in [4.69, 9.17) is 4.74 Å². The third-order valence-electron chi connectivity index (χ3n) is 1.77. The van der Waals surface area contributed by atoms with Crippen LogP contribution >= 0.6 is 0 Å². The molecule has 0 aromatic heterocycles. The van der Waals surface area contributed by atoms with Crippen molar-refractivity contribution in [2.45, 2.75) is 6.92 Å². The van der Waals surface area contributed by atoms with E-state index in [1.807, 2.05) is 12.1 Å². The maximum atomic E-state index is 5.13. The molecular weight excluding hydrogens is 123 g/mol. The number of benzene rings is 1. The van der Waals surface area contributed by atoms with Crippen LogP contribution in [0.4, 0.5) is 0 Å². The highest BCUT2D eigenvalue weighted by Crippen LogP contribution is 2.12. The number of methoxy groups -OCH3 is 1. The smallest absolute Gasteiger partial charge is 0.139 e. The minimum atomic E-state index is 0.972. The Morgan fingerprint density at radius 1 is 1.40 bits per heavy atom. The number of rotatable bonds is 1. The quantitative estimate of drug-likeness (QED) is 0.500. The summed E-state index contributed by atoms with van der Waals surface area (Å²) in [6.07, 6.45) is 0. The second-order valence-corrected chi connectivity index (χ2v) is 2.40. The van der Waals surface area contributed by atoms with Gasteiger partial charge in [0, 0.05) is 0 Å². The Hall–Kier alpha value is -0.915. The van der Waals surface area contributed by atoms with Gasteiger partial charge in [-0.3, -0.25) is 0 Å². The predicted molar refractivity (Wildman–Crippen MR) is 45.9 cm³/mol. The van der Waals surface area contributed by atoms with Crippen molar-refractivity contribution in [1.82, 2.24) is 0 Å². The van der Waals surface area contributed by atoms with Crippen LogP contribution in [0.5, 0.6) is 5.75 Å². The van der Waals surface area contributed by atoms with E-state index in [9.17, 15) is 0 Å². The summed E-state index contributed by atoms with van der Waals surface area (Å²) in [5.41, 5.74) is 2.50. The van der Waals surface area contributed by atoms with E-state index in [0.717, 1.165) is 5.75 Å². The summed E-state index contributed by atoms with van der Waals surface area (Å²) in [5, 5.41) is 0. The molecule has 10 heavy (non-hydrogen) atoms. The third-order valence-corrected chi connectivity index (χ3v) is 1.77. The average Bonchev–Trinajstić information content (AvgIpc) is 1.95. The van der Waals surface area contributed by atoms with Crippen LogP contribution in [0.1, 0.15) is 5.56 Å². The van der Waals surface area contributed by atoms with Crippen molar-refractivity contribution in [3.63, 3.8) is 0 Å². The van der Waals surface area contributed by atoms with Crippen molar-refractivity contribution in [1.29, 1.82) is 0 Å². The molecule has 0 spiro atoms. The predicted octanol–water partition coefficient (Wildman–Crippen LogP) is 0.262. The van der Waals surface area contributed by atoms with Crippen molar-refractivity contribution in [3.8, 4) is 5.75 Å². The van der Waals surface area contributed by atoms with Crippen LogP contribution in [-0.4, -0.2) is 15.0 Å². The molecule has 0 heterocycles. The first-order chi connectivity index (χ1) is 4.75. The standard InChI is InChI=1S/C8H11BO/c1-6-7(9)4-3-5-8(6)10-2/h3-5H,9H2,1-2H3. The molecule has 0 bridgehead atoms. The van der Waals surface area contributed by atoms with Gasteiger partial charge in [0.15, 0.2) is 0 Å². The minimum absolute atomic E-state index is 0.972. The molecule has 0 radical (unpaired) electrons. The summed E-state index contributed by atoms with van der Waals surface area (Å²) < 4.78 is 5.13. The Morgan fingerprint density at radius 2 is 2.10 bits per heavy atom. The lowest BCUT2D eigenvalue weighted by Gasteiger charge is -2.05. The molecule has 0 fully saturated rings. The molecule has 0 aliphatic rings. The van der Waals surface area contributed by atoms with Crippen LogP contribution in [0.3, 0.4) is 0 Å². The van der Waals surface area contributed by atoms with Crippen molar-refractivity contribution in [2.75, 3.05) is 7.11 Å². The Kier molecular flexibility index (Phi) is 2.00. The van der Waals surface area contributed by atoms with Crippen molar-refractivity contribution >= 4 is 13.3 Å². The fraction of sp³-hybridized carbons (Fsp3) is 0.250. The molecule has 2 heteroatoms. The molecule has 0 aliphatic carbocycles. The summed E-state index contributed by atoms with van der Waals surface area (Å²) in [5.74, 6) is 0.972. The monoisotopic (exact) mass is 134 g/mol. The fourth-order valence-corrected chi connectivity index (χ4v) is 0.945. The number of hydrogen-bond acceptors (Lipinski definition) is 1. The van der Waals surface area contributed by atoms with Crippen LogP contribution in [0, 0.1) is 6.92 Å². The van der Waals surface area contributed by atoms with Crippen LogP contribution in [-0.2, 0) is 0 Å². The Morgan fingerprint density at radius 3 is 2.60 bits per heavy atom. The molecule has 1 aromatic rings. The first-order valence-corrected chi connectivity index (χ1v) is 3.36. The zero-order chi connectivity index (χ0) is 7.56. The molecule has 0 N–H and O–H groups in total. The van der Waals surface area contributed by atoms with Gasteiger partial charge in [-0.2, -0.15) is 0 Å². The highest BCUT2D eigenvalue weighted by molar-refractivity contribution is 6.33. The lowest BCUT2D eigenvalue weighted by Crippen LogP contribution is -2.07. The normalized spacial score (nSPS) is 9.40. The first-order valence-electron chi connectivity index (χ1n) is 3.36. The zero-order valence-corrected chi connectivity index (χ0v) is 6.64. The van der Waals surface area contributed by atoms with Crippen LogP contribution in [0.2, 0.25) is 0 Å². The topological polar surface area (TPSA) is 9.23 Å². The first kappa shape index (κ1) is 7.20. The van der Waals surface area contributed by atoms with Gasteiger partial charge < -0.3 is 4.74 Å². The van der Waals surface area contributed by atoms with Crippen molar-refractivity contribution in [3.05, 3.63) is 23.8 Å². The molecule has 0 amide bonds. The molecule has 0 unspecified atom stereocenters. The lowest BCUT2D eigenvalue weighted by molar-refractivity contribution is 0.412. The summed E-state index contributed by atoms with van der Waals surface area (Å²) in [4.78, 5) is 0. The molecule has 0 atom stereocenters. The van der Waals surface area contributed by atoms with Crippen LogP contribution in [0.25, 0.3) is 0 Å². The molecule has 0 saturated carbocycles. The highest BCUT2D eigenvalue weighted by atomic mass is 16.5. The van der Waals surface area contributed by atoms with E-state index < -0.39 is 0 Å². The highest BCUT2D eigenvalue weighted by Gasteiger charge is 1.97. The van der Waals surface area contributed by atoms with Gasteiger partial charge >= 0.3 is 0 Å². The molecule has 0 saturated heterocycles. The second kappa shape index (κ2) is 2.78. The number of ether oxygens (including phenoxy) is 1. The maximum absolute atomic E-state index is 5.13. The Balaban J connectivity index is 3.14. The summed E-state index contributed by atoms with van der Waals surface area (Å²) in [6.45, 7) is 2.06. The molecule has 1 nitrogen and oxygen atoms in total. The van der Waals surface area contributed by atoms with E-state index in [2.05, 4.69) is 20.8 Å². The van der Waals surface area contributed by atoms with Gasteiger partial charge in [-0.15, -0.1) is 0 Å². The zero-order valence-electron chi connectivity index (χ0n) is 6.64. The molecule has 0 aliphatic heterocycles. The minimum Gasteiger partial charge on any atom is -0.497 e. The van der Waals surface area contributed by atoms with Crippen molar-refractivity contribution < 1.29 is 4.74 Å². The van der Waals surface area contributed by atoms with Gasteiger partial charge in [-0.05, 0) is 18.6 Å². The van der Waals surface area contributed by atoms with E-state index in [1.54, 1.807) is 7.11 Å². The summed E-state index contributed by atoms with van der Waals surface area (Å²) >= 11 is 0. The summed E-state index contributed by atoms with van der Waals surface area (Å²) in [6, 6.07) is 6.06. The molecule has 1 aromatic carbocycles. The second-order valence-electron chi connectivity index (χ2n) is 2.40.